The average molecular weight is 529 g/mol. The van der Waals surface area contributed by atoms with Gasteiger partial charge < -0.3 is 0 Å². The minimum atomic E-state index is -4.52. The third kappa shape index (κ3) is 4.91. The zero-order valence-corrected chi connectivity index (χ0v) is 20.4. The Hall–Kier alpha value is -4.20. The molecule has 0 aliphatic heterocycles. The maximum Gasteiger partial charge on any atom is 0.435 e. The van der Waals surface area contributed by atoms with Gasteiger partial charge in [0.2, 0.25) is 0 Å². The minimum absolute atomic E-state index is 0.263. The molecule has 5 rings (SSSR count). The quantitative estimate of drug-likeness (QED) is 0.334. The van der Waals surface area contributed by atoms with Crippen LogP contribution in [-0.4, -0.2) is 47.9 Å². The maximum absolute atomic E-state index is 13.0. The summed E-state index contributed by atoms with van der Waals surface area (Å²) in [6, 6.07) is 7.92. The first-order chi connectivity index (χ1) is 17.6. The maximum atomic E-state index is 13.0. The van der Waals surface area contributed by atoms with Crippen LogP contribution in [0.2, 0.25) is 0 Å². The lowest BCUT2D eigenvalue weighted by atomic mass is 10.1. The van der Waals surface area contributed by atoms with E-state index in [0.29, 0.717) is 45.9 Å². The summed E-state index contributed by atoms with van der Waals surface area (Å²) in [5.41, 5.74) is 2.58. The monoisotopic (exact) mass is 528 g/mol. The molecular weight excluding hydrogens is 509 g/mol. The SMILES string of the molecule is Cc1ncnc(C[SH](=O)=O)c1-c1ncc2cnn(Cc3ccc(-n4nc(C(F)(F)F)cc4C)cc3)c2n1. The lowest BCUT2D eigenvalue weighted by molar-refractivity contribution is -0.141. The van der Waals surface area contributed by atoms with Gasteiger partial charge in [-0.05, 0) is 37.6 Å². The van der Waals surface area contributed by atoms with Crippen molar-refractivity contribution in [3.8, 4) is 17.1 Å². The Labute approximate surface area is 209 Å². The molecule has 0 fully saturated rings. The van der Waals surface area contributed by atoms with Crippen LogP contribution in [0.3, 0.4) is 0 Å². The van der Waals surface area contributed by atoms with E-state index >= 15 is 0 Å². The van der Waals surface area contributed by atoms with Crippen molar-refractivity contribution in [2.75, 3.05) is 0 Å². The Morgan fingerprint density at radius 2 is 1.76 bits per heavy atom. The van der Waals surface area contributed by atoms with Crippen molar-refractivity contribution in [3.05, 3.63) is 77.4 Å². The van der Waals surface area contributed by atoms with Crippen molar-refractivity contribution < 1.29 is 21.6 Å². The van der Waals surface area contributed by atoms with Gasteiger partial charge in [-0.1, -0.05) is 12.1 Å². The summed E-state index contributed by atoms with van der Waals surface area (Å²) in [6.45, 7) is 3.61. The van der Waals surface area contributed by atoms with Gasteiger partial charge in [0.05, 0.1) is 46.5 Å². The van der Waals surface area contributed by atoms with E-state index in [1.807, 2.05) is 0 Å². The molecule has 4 aromatic heterocycles. The van der Waals surface area contributed by atoms with Crippen molar-refractivity contribution in [2.24, 2.45) is 0 Å². The zero-order chi connectivity index (χ0) is 26.3. The fourth-order valence-corrected chi connectivity index (χ4v) is 4.43. The molecule has 0 saturated heterocycles. The normalized spacial score (nSPS) is 12.1. The number of aromatic nitrogens is 8. The fraction of sp³-hybridized carbons (Fsp3) is 0.217. The standard InChI is InChI=1S/C23H19F3N8O2S/c1-13-7-19(23(24,25)26)32-34(13)17-5-3-15(4-6-17)10-33-22-16(9-30-33)8-27-21(31-22)20-14(2)28-12-29-18(20)11-37(35)36/h3-9,12,37H,10-11H2,1-2H3. The van der Waals surface area contributed by atoms with Gasteiger partial charge in [-0.3, -0.25) is 0 Å². The molecule has 0 unspecified atom stereocenters. The van der Waals surface area contributed by atoms with Crippen molar-refractivity contribution in [1.82, 2.24) is 39.5 Å². The topological polar surface area (TPSA) is 121 Å². The van der Waals surface area contributed by atoms with Crippen LogP contribution in [0.15, 0.2) is 49.1 Å². The highest BCUT2D eigenvalue weighted by Crippen LogP contribution is 2.29. The summed E-state index contributed by atoms with van der Waals surface area (Å²) in [4.78, 5) is 17.2. The third-order valence-electron chi connectivity index (χ3n) is 5.69. The second-order valence-corrected chi connectivity index (χ2v) is 9.28. The molecule has 14 heteroatoms. The van der Waals surface area contributed by atoms with Crippen LogP contribution >= 0.6 is 0 Å². The summed E-state index contributed by atoms with van der Waals surface area (Å²) in [7, 11) is -2.71. The highest BCUT2D eigenvalue weighted by atomic mass is 32.2. The minimum Gasteiger partial charge on any atom is -0.243 e. The second kappa shape index (κ2) is 9.35. The molecule has 0 N–H and O–H groups in total. The first kappa shape index (κ1) is 24.5. The number of halogens is 3. The van der Waals surface area contributed by atoms with Crippen LogP contribution in [0.4, 0.5) is 13.2 Å². The van der Waals surface area contributed by atoms with Crippen molar-refractivity contribution in [3.63, 3.8) is 0 Å². The Balaban J connectivity index is 1.46. The van der Waals surface area contributed by atoms with Gasteiger partial charge in [0.15, 0.2) is 17.2 Å². The van der Waals surface area contributed by atoms with Crippen molar-refractivity contribution in [2.45, 2.75) is 32.3 Å². The number of thiol groups is 1. The number of alkyl halides is 3. The molecule has 37 heavy (non-hydrogen) atoms. The zero-order valence-electron chi connectivity index (χ0n) is 19.5. The number of rotatable bonds is 6. The second-order valence-electron chi connectivity index (χ2n) is 8.29. The Morgan fingerprint density at radius 1 is 1.00 bits per heavy atom. The van der Waals surface area contributed by atoms with E-state index in [9.17, 15) is 21.6 Å². The van der Waals surface area contributed by atoms with Gasteiger partial charge in [-0.25, -0.2) is 37.7 Å². The summed E-state index contributed by atoms with van der Waals surface area (Å²) < 4.78 is 64.6. The Morgan fingerprint density at radius 3 is 2.43 bits per heavy atom. The molecule has 0 saturated carbocycles. The number of fused-ring (bicyclic) bond motifs is 1. The smallest absolute Gasteiger partial charge is 0.243 e. The van der Waals surface area contributed by atoms with E-state index in [4.69, 9.17) is 0 Å². The van der Waals surface area contributed by atoms with Gasteiger partial charge in [0.1, 0.15) is 17.0 Å². The van der Waals surface area contributed by atoms with Gasteiger partial charge >= 0.3 is 6.18 Å². The van der Waals surface area contributed by atoms with Crippen LogP contribution in [0.5, 0.6) is 0 Å². The van der Waals surface area contributed by atoms with E-state index in [1.54, 1.807) is 55.2 Å². The van der Waals surface area contributed by atoms with E-state index in [0.717, 1.165) is 11.6 Å². The Kier molecular flexibility index (Phi) is 6.19. The lowest BCUT2D eigenvalue weighted by Crippen LogP contribution is -2.08. The molecular formula is C23H19F3N8O2S. The predicted molar refractivity (Wildman–Crippen MR) is 128 cm³/mol. The first-order valence-electron chi connectivity index (χ1n) is 10.9. The van der Waals surface area contributed by atoms with E-state index in [1.165, 1.54) is 11.0 Å². The molecule has 0 aliphatic rings. The molecule has 1 aromatic carbocycles. The van der Waals surface area contributed by atoms with Gasteiger partial charge in [0.25, 0.3) is 0 Å². The van der Waals surface area contributed by atoms with E-state index in [2.05, 4.69) is 30.1 Å². The molecule has 4 heterocycles. The molecule has 0 spiro atoms. The number of aryl methyl sites for hydroxylation is 2. The molecule has 0 aliphatic carbocycles. The highest BCUT2D eigenvalue weighted by molar-refractivity contribution is 7.71. The molecule has 0 amide bonds. The summed E-state index contributed by atoms with van der Waals surface area (Å²) >= 11 is 0. The number of hydrogen-bond donors (Lipinski definition) is 1. The molecule has 0 atom stereocenters. The van der Waals surface area contributed by atoms with E-state index in [-0.39, 0.29) is 11.6 Å². The summed E-state index contributed by atoms with van der Waals surface area (Å²) in [6.07, 6.45) is -0.0108. The van der Waals surface area contributed by atoms with Crippen LogP contribution in [0.25, 0.3) is 28.1 Å². The summed E-state index contributed by atoms with van der Waals surface area (Å²) in [5.74, 6) is 0.0190. The van der Waals surface area contributed by atoms with Gasteiger partial charge in [-0.2, -0.15) is 23.4 Å². The molecule has 0 bridgehead atoms. The summed E-state index contributed by atoms with van der Waals surface area (Å²) in [5, 5.41) is 8.74. The number of nitrogens with zero attached hydrogens (tertiary/aromatic N) is 8. The van der Waals surface area contributed by atoms with Crippen LogP contribution in [0.1, 0.15) is 28.3 Å². The van der Waals surface area contributed by atoms with E-state index < -0.39 is 22.6 Å². The number of benzene rings is 1. The number of hydrogen-bond acceptors (Lipinski definition) is 8. The van der Waals surface area contributed by atoms with Gasteiger partial charge in [0, 0.05) is 11.9 Å². The molecule has 190 valence electrons. The largest absolute Gasteiger partial charge is 0.435 e. The predicted octanol–water partition coefficient (Wildman–Crippen LogP) is 3.26. The van der Waals surface area contributed by atoms with Crippen LogP contribution < -0.4 is 0 Å². The van der Waals surface area contributed by atoms with Crippen molar-refractivity contribution in [1.29, 1.82) is 0 Å². The third-order valence-corrected chi connectivity index (χ3v) is 6.24. The highest BCUT2D eigenvalue weighted by Gasteiger charge is 2.34. The fourth-order valence-electron chi connectivity index (χ4n) is 3.95. The lowest BCUT2D eigenvalue weighted by Gasteiger charge is -2.09. The van der Waals surface area contributed by atoms with Crippen LogP contribution in [-0.2, 0) is 29.2 Å². The molecule has 10 nitrogen and oxygen atoms in total. The Bertz CT molecular complexity index is 1680. The first-order valence-corrected chi connectivity index (χ1v) is 12.3. The average Bonchev–Trinajstić information content (AvgIpc) is 3.42. The van der Waals surface area contributed by atoms with Crippen LogP contribution in [0, 0.1) is 13.8 Å². The molecule has 0 radical (unpaired) electrons. The molecule has 5 aromatic rings. The van der Waals surface area contributed by atoms with Gasteiger partial charge in [-0.15, -0.1) is 0 Å². The van der Waals surface area contributed by atoms with Crippen molar-refractivity contribution >= 4 is 21.7 Å².